The molecular weight excluding hydrogens is 929 g/mol. The van der Waals surface area contributed by atoms with Gasteiger partial charge in [-0.1, -0.05) is 36.4 Å². The van der Waals surface area contributed by atoms with E-state index in [1.807, 2.05) is 36.9 Å². The zero-order valence-corrected chi connectivity index (χ0v) is 37.8. The lowest BCUT2D eigenvalue weighted by Crippen LogP contribution is -2.56. The van der Waals surface area contributed by atoms with Crippen LogP contribution in [0.25, 0.3) is 0 Å². The first-order valence-corrected chi connectivity index (χ1v) is 24.6. The van der Waals surface area contributed by atoms with Crippen LogP contribution in [0, 0.1) is 5.82 Å². The summed E-state index contributed by atoms with van der Waals surface area (Å²) in [6.45, 7) is 5.16. The van der Waals surface area contributed by atoms with E-state index in [4.69, 9.17) is 0 Å². The predicted molar refractivity (Wildman–Crippen MR) is 234 cm³/mol. The number of thioether (sulfide) groups is 1. The average Bonchev–Trinajstić information content (AvgIpc) is 3.50. The van der Waals surface area contributed by atoms with Crippen molar-refractivity contribution >= 4 is 66.8 Å². The molecule has 4 aromatic rings. The highest BCUT2D eigenvalue weighted by Gasteiger charge is 2.49. The molecule has 3 aliphatic rings. The summed E-state index contributed by atoms with van der Waals surface area (Å²) in [6, 6.07) is 18.5. The number of rotatable bonds is 15. The number of benzene rings is 4. The summed E-state index contributed by atoms with van der Waals surface area (Å²) in [4.78, 5) is 67.1. The van der Waals surface area contributed by atoms with Gasteiger partial charge in [0.25, 0.3) is 37.6 Å². The van der Waals surface area contributed by atoms with Crippen LogP contribution in [0.3, 0.4) is 0 Å². The first kappa shape index (κ1) is 48.3. The molecule has 0 saturated carbocycles. The molecule has 0 bridgehead atoms. The minimum absolute atomic E-state index is 0.0497. The van der Waals surface area contributed by atoms with E-state index in [1.165, 1.54) is 42.1 Å². The van der Waals surface area contributed by atoms with Crippen LogP contribution in [0.4, 0.5) is 23.2 Å². The van der Waals surface area contributed by atoms with Gasteiger partial charge >= 0.3 is 5.51 Å². The molecule has 2 fully saturated rings. The van der Waals surface area contributed by atoms with Crippen LogP contribution in [-0.4, -0.2) is 116 Å². The molecule has 0 radical (unpaired) electrons. The van der Waals surface area contributed by atoms with E-state index < -0.39 is 88.3 Å². The average molecular weight is 973 g/mol. The van der Waals surface area contributed by atoms with Crippen LogP contribution in [0.2, 0.25) is 0 Å². The Kier molecular flexibility index (Phi) is 14.1. The lowest BCUT2D eigenvalue weighted by atomic mass is 10.0. The van der Waals surface area contributed by atoms with Crippen LogP contribution >= 0.6 is 11.8 Å². The van der Waals surface area contributed by atoms with Crippen LogP contribution in [0.1, 0.15) is 69.7 Å². The van der Waals surface area contributed by atoms with Crippen molar-refractivity contribution in [3.8, 4) is 0 Å². The number of hydrogen-bond donors (Lipinski definition) is 3. The Hall–Kier alpha value is -5.68. The van der Waals surface area contributed by atoms with E-state index in [1.54, 1.807) is 22.9 Å². The monoisotopic (exact) mass is 972 g/mol. The molecule has 0 aromatic heterocycles. The number of carbonyl (C=O) groups excluding carboxylic acids is 5. The van der Waals surface area contributed by atoms with Gasteiger partial charge in [0.1, 0.15) is 16.8 Å². The van der Waals surface area contributed by atoms with Crippen molar-refractivity contribution in [2.45, 2.75) is 84.0 Å². The summed E-state index contributed by atoms with van der Waals surface area (Å²) in [6.07, 6.45) is 0.159. The fourth-order valence-electron chi connectivity index (χ4n) is 8.25. The van der Waals surface area contributed by atoms with E-state index in [0.717, 1.165) is 28.0 Å². The van der Waals surface area contributed by atoms with Crippen LogP contribution in [0.5, 0.6) is 0 Å². The number of sulfonamides is 1. The number of nitrogens with one attached hydrogen (secondary N) is 3. The highest BCUT2D eigenvalue weighted by molar-refractivity contribution is 7.99. The molecule has 3 heterocycles. The second-order valence-electron chi connectivity index (χ2n) is 16.2. The molecule has 22 heteroatoms. The number of halogens is 4. The van der Waals surface area contributed by atoms with Crippen LogP contribution < -0.4 is 15.4 Å². The smallest absolute Gasteiger partial charge is 0.380 e. The van der Waals surface area contributed by atoms with Crippen molar-refractivity contribution in [2.24, 2.45) is 0 Å². The Morgan fingerprint density at radius 2 is 1.48 bits per heavy atom. The molecule has 350 valence electrons. The van der Waals surface area contributed by atoms with Crippen molar-refractivity contribution < 1.29 is 58.4 Å². The van der Waals surface area contributed by atoms with Crippen molar-refractivity contribution in [2.75, 3.05) is 30.7 Å². The van der Waals surface area contributed by atoms with Gasteiger partial charge in [0.2, 0.25) is 11.8 Å². The molecule has 4 aromatic carbocycles. The van der Waals surface area contributed by atoms with E-state index in [9.17, 15) is 54.0 Å². The molecule has 3 unspecified atom stereocenters. The number of amides is 5. The van der Waals surface area contributed by atoms with Gasteiger partial charge < -0.3 is 10.2 Å². The summed E-state index contributed by atoms with van der Waals surface area (Å²) >= 11 is 1.37. The number of imide groups is 2. The number of nitrogens with zero attached hydrogens (tertiary/aromatic N) is 3. The first-order valence-electron chi connectivity index (χ1n) is 20.7. The second kappa shape index (κ2) is 19.3. The number of fused-ring (bicyclic) bond motifs is 1. The molecule has 3 N–H and O–H groups in total. The zero-order valence-electron chi connectivity index (χ0n) is 35.4. The molecule has 2 saturated heterocycles. The molecule has 15 nitrogen and oxygen atoms in total. The molecule has 5 amide bonds. The zero-order chi connectivity index (χ0) is 47.7. The Balaban J connectivity index is 1.07. The third-order valence-electron chi connectivity index (χ3n) is 11.6. The molecule has 66 heavy (non-hydrogen) atoms. The van der Waals surface area contributed by atoms with Gasteiger partial charge in [-0.05, 0) is 81.3 Å². The van der Waals surface area contributed by atoms with Gasteiger partial charge in [0, 0.05) is 72.5 Å². The van der Waals surface area contributed by atoms with Gasteiger partial charge in [0.15, 0.2) is 0 Å². The quantitative estimate of drug-likeness (QED) is 0.0800. The van der Waals surface area contributed by atoms with E-state index >= 15 is 4.39 Å². The summed E-state index contributed by atoms with van der Waals surface area (Å²) in [5, 5.41) is 5.08. The highest BCUT2D eigenvalue weighted by Crippen LogP contribution is 2.37. The third-order valence-corrected chi connectivity index (χ3v) is 15.6. The van der Waals surface area contributed by atoms with Crippen LogP contribution in [0.15, 0.2) is 106 Å². The number of anilines is 1. The number of piperidine rings is 1. The largest absolute Gasteiger partial charge is 0.501 e. The minimum atomic E-state index is -6.14. The maximum Gasteiger partial charge on any atom is 0.501 e. The van der Waals surface area contributed by atoms with E-state index in [0.29, 0.717) is 25.7 Å². The van der Waals surface area contributed by atoms with Gasteiger partial charge in [-0.3, -0.25) is 39.1 Å². The number of hydrogen-bond acceptors (Lipinski definition) is 13. The Bertz CT molecular complexity index is 2770. The molecule has 3 aliphatic heterocycles. The lowest BCUT2D eigenvalue weighted by molar-refractivity contribution is -0.136. The normalized spacial score (nSPS) is 20.2. The highest BCUT2D eigenvalue weighted by atomic mass is 32.2. The Labute approximate surface area is 382 Å². The molecule has 4 atom stereocenters. The maximum absolute atomic E-state index is 15.7. The molecular formula is C44H44F4N6O9S3. The second-order valence-corrected chi connectivity index (χ2v) is 20.9. The Morgan fingerprint density at radius 3 is 2.11 bits per heavy atom. The third kappa shape index (κ3) is 10.3. The van der Waals surface area contributed by atoms with E-state index in [2.05, 4.69) is 15.5 Å². The maximum atomic E-state index is 15.7. The fraction of sp³-hybridized carbons (Fsp3) is 0.341. The van der Waals surface area contributed by atoms with Gasteiger partial charge in [-0.25, -0.2) is 25.9 Å². The minimum Gasteiger partial charge on any atom is -0.380 e. The first-order chi connectivity index (χ1) is 31.1. The number of sulfone groups is 1. The number of piperazine rings is 1. The number of alkyl halides is 3. The van der Waals surface area contributed by atoms with E-state index in [-0.39, 0.29) is 65.9 Å². The molecule has 7 rings (SSSR count). The fourth-order valence-corrected chi connectivity index (χ4v) is 11.3. The predicted octanol–water partition coefficient (Wildman–Crippen LogP) is 5.20. The summed E-state index contributed by atoms with van der Waals surface area (Å²) in [7, 11) is -11.0. The Morgan fingerprint density at radius 1 is 0.864 bits per heavy atom. The summed E-state index contributed by atoms with van der Waals surface area (Å²) in [5.41, 5.74) is -6.45. The van der Waals surface area contributed by atoms with Gasteiger partial charge in [-0.15, -0.1) is 11.8 Å². The topological polar surface area (TPSA) is 199 Å². The lowest BCUT2D eigenvalue weighted by Gasteiger charge is -2.45. The van der Waals surface area contributed by atoms with Crippen molar-refractivity contribution in [3.63, 3.8) is 0 Å². The summed E-state index contributed by atoms with van der Waals surface area (Å²) in [5.74, 6) is -4.45. The SMILES string of the molecule is CC1CN(CC[C@H](CSc2ccccc2)Nc2ccc(S(=O)(=O)NC(=O)c3ccccc3)cc2S(=O)(=O)C(F)(F)F)CC(C)N1Cc1cc2c(cc1F)C(=O)N(C1CCC(=O)NC1=O)C2=O. The van der Waals surface area contributed by atoms with Crippen molar-refractivity contribution in [1.82, 2.24) is 24.7 Å². The standard InChI is InChI=1S/C44H44F4N6O9S3/c1-26-22-52(23-27(2)53(26)24-29-19-33-34(21-35(29)45)43(59)54(42(33)58)37-15-16-39(55)50-41(37)57)18-17-30(25-64-31-11-7-4-8-12-31)49-36-14-13-32(20-38(36)65(60,61)44(46,47)48)66(62,63)51-40(56)28-9-5-3-6-10-28/h3-14,19-21,26-27,30,37,49H,15-18,22-25H2,1-2H3,(H,51,56)(H,50,55,57)/t26?,27?,30-,37?/m1/s1. The van der Waals surface area contributed by atoms with Gasteiger partial charge in [0.05, 0.1) is 21.7 Å². The van der Waals surface area contributed by atoms with Crippen LogP contribution in [-0.2, 0) is 36.0 Å². The summed E-state index contributed by atoms with van der Waals surface area (Å²) < 4.78 is 113. The van der Waals surface area contributed by atoms with Gasteiger partial charge in [-0.2, -0.15) is 13.2 Å². The molecule has 0 spiro atoms. The molecule has 0 aliphatic carbocycles. The van der Waals surface area contributed by atoms with Crippen molar-refractivity contribution in [1.29, 1.82) is 0 Å². The van der Waals surface area contributed by atoms with Crippen molar-refractivity contribution in [3.05, 3.63) is 119 Å². The number of carbonyl (C=O) groups is 5.